The third-order valence-electron chi connectivity index (χ3n) is 7.64. The number of nitrogens with one attached hydrogen (secondary N) is 2. The summed E-state index contributed by atoms with van der Waals surface area (Å²) in [7, 11) is 0. The molecule has 0 spiro atoms. The molecule has 2 aliphatic heterocycles. The third kappa shape index (κ3) is 4.70. The molecule has 0 aliphatic carbocycles. The fourth-order valence-corrected chi connectivity index (χ4v) is 6.63. The highest BCUT2D eigenvalue weighted by Gasteiger charge is 2.12. The lowest BCUT2D eigenvalue weighted by Crippen LogP contribution is -2.22. The molecule has 5 heteroatoms. The van der Waals surface area contributed by atoms with Crippen molar-refractivity contribution in [1.29, 1.82) is 10.5 Å². The Hall–Kier alpha value is -5.36. The van der Waals surface area contributed by atoms with Crippen molar-refractivity contribution < 1.29 is 0 Å². The molecule has 1 atom stereocenters. The molecule has 41 heavy (non-hydrogen) atoms. The van der Waals surface area contributed by atoms with Crippen molar-refractivity contribution in [2.45, 2.75) is 6.04 Å². The molecule has 7 rings (SSSR count). The molecule has 4 nitrogen and oxygen atoms in total. The van der Waals surface area contributed by atoms with E-state index in [0.29, 0.717) is 12.2 Å². The Balaban J connectivity index is 1.16. The number of thiophene rings is 1. The second-order valence-electron chi connectivity index (χ2n) is 10.1. The number of nitrogens with zero attached hydrogens (tertiary/aromatic N) is 2. The maximum absolute atomic E-state index is 9.23. The molecule has 0 radical (unpaired) electrons. The van der Waals surface area contributed by atoms with E-state index in [0.717, 1.165) is 22.3 Å². The number of nitriles is 2. The molecule has 194 valence electrons. The second kappa shape index (κ2) is 10.3. The van der Waals surface area contributed by atoms with Crippen molar-refractivity contribution in [3.8, 4) is 34.4 Å². The first-order chi connectivity index (χ1) is 20.2. The van der Waals surface area contributed by atoms with Gasteiger partial charge in [-0.25, -0.2) is 0 Å². The van der Waals surface area contributed by atoms with Gasteiger partial charge < -0.3 is 10.6 Å². The van der Waals surface area contributed by atoms with Gasteiger partial charge in [0, 0.05) is 26.7 Å². The van der Waals surface area contributed by atoms with E-state index < -0.39 is 0 Å². The lowest BCUT2D eigenvalue weighted by Gasteiger charge is -2.13. The van der Waals surface area contributed by atoms with Crippen LogP contribution in [0.15, 0.2) is 121 Å². The predicted octanol–water partition coefficient (Wildman–Crippen LogP) is 8.18. The summed E-state index contributed by atoms with van der Waals surface area (Å²) >= 11 is 1.83. The van der Waals surface area contributed by atoms with E-state index in [1.165, 1.54) is 42.4 Å². The molecule has 0 saturated carbocycles. The van der Waals surface area contributed by atoms with Gasteiger partial charge in [0.1, 0.15) is 17.8 Å². The fourth-order valence-electron chi connectivity index (χ4n) is 5.45. The highest BCUT2D eigenvalue weighted by molar-refractivity contribution is 7.25. The number of fused-ring (bicyclic) bond motifs is 3. The molecule has 1 aromatic heterocycles. The van der Waals surface area contributed by atoms with Crippen LogP contribution < -0.4 is 10.6 Å². The monoisotopic (exact) mass is 544 g/mol. The molecule has 2 N–H and O–H groups in total. The molecular formula is C36H24N4S. The third-order valence-corrected chi connectivity index (χ3v) is 8.75. The lowest BCUT2D eigenvalue weighted by atomic mass is 9.97. The van der Waals surface area contributed by atoms with Gasteiger partial charge in [-0.3, -0.25) is 0 Å². The van der Waals surface area contributed by atoms with Crippen LogP contribution >= 0.6 is 11.3 Å². The van der Waals surface area contributed by atoms with Crippen molar-refractivity contribution in [3.63, 3.8) is 0 Å². The molecule has 2 aliphatic rings. The largest absolute Gasteiger partial charge is 0.373 e. The summed E-state index contributed by atoms with van der Waals surface area (Å²) in [4.78, 5) is 0. The van der Waals surface area contributed by atoms with Gasteiger partial charge >= 0.3 is 0 Å². The molecule has 5 aromatic rings. The summed E-state index contributed by atoms with van der Waals surface area (Å²) in [6.07, 6.45) is 9.80. The molecule has 0 saturated heterocycles. The molecule has 0 fully saturated rings. The molecule has 1 unspecified atom stereocenters. The number of benzene rings is 4. The molecule has 0 bridgehead atoms. The quantitative estimate of drug-likeness (QED) is 0.239. The van der Waals surface area contributed by atoms with Crippen LogP contribution in [0.5, 0.6) is 0 Å². The summed E-state index contributed by atoms with van der Waals surface area (Å²) in [5.41, 5.74) is 9.68. The van der Waals surface area contributed by atoms with Gasteiger partial charge in [0.25, 0.3) is 0 Å². The Morgan fingerprint density at radius 1 is 0.683 bits per heavy atom. The van der Waals surface area contributed by atoms with Crippen LogP contribution in [0.4, 0.5) is 0 Å². The number of allylic oxidation sites excluding steroid dienone is 5. The van der Waals surface area contributed by atoms with Crippen LogP contribution in [0, 0.1) is 22.7 Å². The Labute approximate surface area is 242 Å². The smallest absolute Gasteiger partial charge is 0.133 e. The zero-order valence-corrected chi connectivity index (χ0v) is 22.9. The van der Waals surface area contributed by atoms with Gasteiger partial charge in [-0.05, 0) is 81.1 Å². The predicted molar refractivity (Wildman–Crippen MR) is 170 cm³/mol. The van der Waals surface area contributed by atoms with Gasteiger partial charge in [0.2, 0.25) is 0 Å². The summed E-state index contributed by atoms with van der Waals surface area (Å²) in [5.74, 6) is 0. The van der Waals surface area contributed by atoms with Gasteiger partial charge in [-0.2, -0.15) is 10.5 Å². The summed E-state index contributed by atoms with van der Waals surface area (Å²) < 4.78 is 2.54. The topological polar surface area (TPSA) is 71.6 Å². The van der Waals surface area contributed by atoms with Crippen LogP contribution in [0.2, 0.25) is 0 Å². The maximum atomic E-state index is 9.23. The van der Waals surface area contributed by atoms with Crippen molar-refractivity contribution in [2.75, 3.05) is 6.54 Å². The van der Waals surface area contributed by atoms with Crippen LogP contribution in [0.3, 0.4) is 0 Å². The Morgan fingerprint density at radius 2 is 1.24 bits per heavy atom. The number of hydrogen-bond acceptors (Lipinski definition) is 5. The number of dihydropyridines is 2. The van der Waals surface area contributed by atoms with Gasteiger partial charge in [0.05, 0.1) is 6.07 Å². The highest BCUT2D eigenvalue weighted by atomic mass is 32.1. The highest BCUT2D eigenvalue weighted by Crippen LogP contribution is 2.38. The minimum absolute atomic E-state index is 0.294. The summed E-state index contributed by atoms with van der Waals surface area (Å²) in [6.45, 7) is 0.670. The van der Waals surface area contributed by atoms with E-state index in [1.807, 2.05) is 35.8 Å². The standard InChI is InChI=1S/C36H24N4S/c37-21-31-17-29(13-15-39-31)25-5-1-23(2-6-25)27-9-11-33-34-12-10-28(20-36(34)41-35(33)19-27)24-3-7-26(8-4-24)30-14-16-40-32(18-30)22-38/h1-15,17-20,31,39-40H,16H2. The number of rotatable bonds is 4. The van der Waals surface area contributed by atoms with Gasteiger partial charge in [0.15, 0.2) is 0 Å². The normalized spacial score (nSPS) is 16.1. The van der Waals surface area contributed by atoms with Gasteiger partial charge in [-0.1, -0.05) is 78.9 Å². The first-order valence-corrected chi connectivity index (χ1v) is 14.3. The van der Waals surface area contributed by atoms with E-state index in [2.05, 4.69) is 114 Å². The van der Waals surface area contributed by atoms with Crippen LogP contribution in [0.1, 0.15) is 11.1 Å². The van der Waals surface area contributed by atoms with Crippen molar-refractivity contribution in [3.05, 3.63) is 132 Å². The van der Waals surface area contributed by atoms with E-state index in [4.69, 9.17) is 0 Å². The fraction of sp³-hybridized carbons (Fsp3) is 0.0556. The number of hydrogen-bond donors (Lipinski definition) is 2. The Morgan fingerprint density at radius 3 is 1.83 bits per heavy atom. The molecule has 0 amide bonds. The minimum atomic E-state index is -0.294. The first-order valence-electron chi connectivity index (χ1n) is 13.5. The zero-order chi connectivity index (χ0) is 27.8. The minimum Gasteiger partial charge on any atom is -0.373 e. The average molecular weight is 545 g/mol. The zero-order valence-electron chi connectivity index (χ0n) is 22.1. The van der Waals surface area contributed by atoms with Crippen molar-refractivity contribution >= 4 is 42.7 Å². The lowest BCUT2D eigenvalue weighted by molar-refractivity contribution is 0.844. The van der Waals surface area contributed by atoms with E-state index in [1.54, 1.807) is 0 Å². The van der Waals surface area contributed by atoms with E-state index >= 15 is 0 Å². The van der Waals surface area contributed by atoms with E-state index in [9.17, 15) is 10.5 Å². The van der Waals surface area contributed by atoms with E-state index in [-0.39, 0.29) is 6.04 Å². The summed E-state index contributed by atoms with van der Waals surface area (Å²) in [5, 5.41) is 27.1. The second-order valence-corrected chi connectivity index (χ2v) is 11.2. The maximum Gasteiger partial charge on any atom is 0.133 e. The van der Waals surface area contributed by atoms with Crippen molar-refractivity contribution in [2.24, 2.45) is 0 Å². The van der Waals surface area contributed by atoms with Crippen LogP contribution in [-0.2, 0) is 0 Å². The van der Waals surface area contributed by atoms with Crippen molar-refractivity contribution in [1.82, 2.24) is 10.6 Å². The van der Waals surface area contributed by atoms with Crippen LogP contribution in [0.25, 0.3) is 53.6 Å². The summed E-state index contributed by atoms with van der Waals surface area (Å²) in [6, 6.07) is 34.7. The molecular weight excluding hydrogens is 520 g/mol. The van der Waals surface area contributed by atoms with Gasteiger partial charge in [-0.15, -0.1) is 11.3 Å². The first kappa shape index (κ1) is 24.7. The molecule has 3 heterocycles. The van der Waals surface area contributed by atoms with Crippen LogP contribution in [-0.4, -0.2) is 12.6 Å². The molecule has 4 aromatic carbocycles. The average Bonchev–Trinajstić information content (AvgIpc) is 3.42. The Bertz CT molecular complexity index is 1930. The Kier molecular flexibility index (Phi) is 6.21. The SMILES string of the molecule is N#CC1=CC(c2ccc(-c3ccc4c(c3)sc3cc(-c5ccc(C6=CC(C#N)NC=C6)cc5)ccc34)cc2)=CCN1.